The average Bonchev–Trinajstić information content (AvgIpc) is 2.64. The molecule has 2 heteroatoms. The first-order chi connectivity index (χ1) is 8.83. The van der Waals surface area contributed by atoms with Gasteiger partial charge >= 0.3 is 5.97 Å². The van der Waals surface area contributed by atoms with Crippen LogP contribution in [-0.4, -0.2) is 12.6 Å². The van der Waals surface area contributed by atoms with Crippen LogP contribution in [0.15, 0.2) is 35.9 Å². The van der Waals surface area contributed by atoms with Crippen LogP contribution < -0.4 is 0 Å². The first-order valence-electron chi connectivity index (χ1n) is 6.78. The smallest absolute Gasteiger partial charge is 0.314 e. The fraction of sp³-hybridized carbons (Fsp3) is 0.438. The summed E-state index contributed by atoms with van der Waals surface area (Å²) in [6, 6.07) is 10.4. The van der Waals surface area contributed by atoms with Crippen molar-refractivity contribution in [1.29, 1.82) is 0 Å². The summed E-state index contributed by atoms with van der Waals surface area (Å²) in [6.45, 7) is 0.627. The molecule has 1 spiro atoms. The Balaban J connectivity index is 1.87. The van der Waals surface area contributed by atoms with E-state index < -0.39 is 0 Å². The third kappa shape index (κ3) is 1.11. The molecule has 0 aromatic heterocycles. The second-order valence-corrected chi connectivity index (χ2v) is 5.66. The summed E-state index contributed by atoms with van der Waals surface area (Å²) in [6.07, 6.45) is 4.78. The lowest BCUT2D eigenvalue weighted by Gasteiger charge is -2.49. The maximum absolute atomic E-state index is 12.0. The van der Waals surface area contributed by atoms with Crippen molar-refractivity contribution in [3.63, 3.8) is 0 Å². The summed E-state index contributed by atoms with van der Waals surface area (Å²) in [5, 5.41) is 0. The minimum Gasteiger partial charge on any atom is -0.464 e. The van der Waals surface area contributed by atoms with E-state index in [0.717, 1.165) is 12.8 Å². The number of cyclic esters (lactones) is 1. The first-order valence-corrected chi connectivity index (χ1v) is 6.78. The number of hydrogen-bond acceptors (Lipinski definition) is 2. The lowest BCUT2D eigenvalue weighted by atomic mass is 9.51. The fourth-order valence-electron chi connectivity index (χ4n) is 4.06. The first kappa shape index (κ1) is 10.4. The highest BCUT2D eigenvalue weighted by Gasteiger charge is 2.62. The molecule has 2 nitrogen and oxygen atoms in total. The third-order valence-corrected chi connectivity index (χ3v) is 4.86. The molecule has 1 saturated carbocycles. The van der Waals surface area contributed by atoms with Crippen molar-refractivity contribution in [3.05, 3.63) is 41.5 Å². The molecule has 1 saturated heterocycles. The van der Waals surface area contributed by atoms with Gasteiger partial charge in [0.15, 0.2) is 0 Å². The van der Waals surface area contributed by atoms with Crippen molar-refractivity contribution in [3.8, 4) is 0 Å². The largest absolute Gasteiger partial charge is 0.464 e. The summed E-state index contributed by atoms with van der Waals surface area (Å²) in [4.78, 5) is 12.0. The van der Waals surface area contributed by atoms with Gasteiger partial charge in [0.25, 0.3) is 0 Å². The van der Waals surface area contributed by atoms with Gasteiger partial charge in [0.2, 0.25) is 0 Å². The molecule has 2 aliphatic carbocycles. The molecule has 3 aliphatic rings. The molecule has 2 fully saturated rings. The van der Waals surface area contributed by atoms with Crippen molar-refractivity contribution in [1.82, 2.24) is 0 Å². The zero-order chi connectivity index (χ0) is 12.2. The van der Waals surface area contributed by atoms with Crippen LogP contribution in [0.4, 0.5) is 0 Å². The van der Waals surface area contributed by atoms with E-state index in [4.69, 9.17) is 4.74 Å². The van der Waals surface area contributed by atoms with Crippen LogP contribution in [-0.2, 0) is 9.53 Å². The zero-order valence-corrected chi connectivity index (χ0v) is 10.3. The molecular weight excluding hydrogens is 224 g/mol. The van der Waals surface area contributed by atoms with Crippen molar-refractivity contribution < 1.29 is 9.53 Å². The second-order valence-electron chi connectivity index (χ2n) is 5.66. The summed E-state index contributed by atoms with van der Waals surface area (Å²) < 4.78 is 5.37. The van der Waals surface area contributed by atoms with E-state index in [1.165, 1.54) is 29.6 Å². The van der Waals surface area contributed by atoms with Crippen molar-refractivity contribution in [2.45, 2.75) is 25.7 Å². The Bertz CT molecular complexity index is 543. The van der Waals surface area contributed by atoms with E-state index >= 15 is 0 Å². The number of rotatable bonds is 1. The molecule has 2 atom stereocenters. The number of carbonyl (C=O) groups excluding carboxylic acids is 1. The van der Waals surface area contributed by atoms with Gasteiger partial charge in [-0.15, -0.1) is 0 Å². The Morgan fingerprint density at radius 2 is 2.00 bits per heavy atom. The normalized spacial score (nSPS) is 33.6. The van der Waals surface area contributed by atoms with Gasteiger partial charge in [-0.3, -0.25) is 4.79 Å². The topological polar surface area (TPSA) is 26.3 Å². The lowest BCUT2D eigenvalue weighted by Crippen LogP contribution is -2.45. The maximum Gasteiger partial charge on any atom is 0.314 e. The summed E-state index contributed by atoms with van der Waals surface area (Å²) in [5.41, 5.74) is 4.09. The highest BCUT2D eigenvalue weighted by Crippen LogP contribution is 2.64. The highest BCUT2D eigenvalue weighted by molar-refractivity contribution is 5.98. The van der Waals surface area contributed by atoms with Gasteiger partial charge in [-0.05, 0) is 30.4 Å². The van der Waals surface area contributed by atoms with Gasteiger partial charge in [0.05, 0.1) is 5.92 Å². The number of benzene rings is 1. The van der Waals surface area contributed by atoms with Gasteiger partial charge < -0.3 is 4.74 Å². The Morgan fingerprint density at radius 1 is 1.17 bits per heavy atom. The van der Waals surface area contributed by atoms with Gasteiger partial charge in [-0.1, -0.05) is 42.3 Å². The van der Waals surface area contributed by atoms with E-state index in [1.807, 2.05) is 18.2 Å². The maximum atomic E-state index is 12.0. The Labute approximate surface area is 107 Å². The molecular formula is C16H16O2. The third-order valence-electron chi connectivity index (χ3n) is 4.86. The number of esters is 1. The molecule has 1 aromatic rings. The van der Waals surface area contributed by atoms with Gasteiger partial charge in [-0.2, -0.15) is 0 Å². The monoisotopic (exact) mass is 240 g/mol. The predicted molar refractivity (Wildman–Crippen MR) is 68.7 cm³/mol. The Kier molecular flexibility index (Phi) is 2.00. The van der Waals surface area contributed by atoms with Crippen molar-refractivity contribution >= 4 is 11.5 Å². The molecule has 0 radical (unpaired) electrons. The van der Waals surface area contributed by atoms with Gasteiger partial charge in [-0.25, -0.2) is 0 Å². The Hall–Kier alpha value is -1.57. The van der Waals surface area contributed by atoms with Crippen LogP contribution in [0.2, 0.25) is 0 Å². The summed E-state index contributed by atoms with van der Waals surface area (Å²) >= 11 is 0. The average molecular weight is 240 g/mol. The molecule has 1 aliphatic heterocycles. The van der Waals surface area contributed by atoms with Crippen LogP contribution in [0.5, 0.6) is 0 Å². The SMILES string of the molecule is O=C1OC[C@@]23CCCCC2=C(c2ccccc2)[C@@H]13. The molecule has 18 heavy (non-hydrogen) atoms. The van der Waals surface area contributed by atoms with E-state index in [1.54, 1.807) is 0 Å². The molecule has 0 bridgehead atoms. The van der Waals surface area contributed by atoms with Crippen LogP contribution in [0, 0.1) is 11.3 Å². The van der Waals surface area contributed by atoms with Gasteiger partial charge in [0, 0.05) is 5.41 Å². The fourth-order valence-corrected chi connectivity index (χ4v) is 4.06. The predicted octanol–water partition coefficient (Wildman–Crippen LogP) is 3.19. The molecule has 0 amide bonds. The lowest BCUT2D eigenvalue weighted by molar-refractivity contribution is -0.139. The minimum absolute atomic E-state index is 0.000460. The van der Waals surface area contributed by atoms with E-state index in [2.05, 4.69) is 12.1 Å². The number of hydrogen-bond donors (Lipinski definition) is 0. The van der Waals surface area contributed by atoms with Crippen LogP contribution in [0.1, 0.15) is 31.2 Å². The molecule has 4 rings (SSSR count). The molecule has 1 aromatic carbocycles. The van der Waals surface area contributed by atoms with Crippen molar-refractivity contribution in [2.75, 3.05) is 6.61 Å². The quantitative estimate of drug-likeness (QED) is 0.705. The zero-order valence-electron chi connectivity index (χ0n) is 10.3. The van der Waals surface area contributed by atoms with Gasteiger partial charge in [0.1, 0.15) is 6.61 Å². The molecule has 1 heterocycles. The van der Waals surface area contributed by atoms with E-state index in [-0.39, 0.29) is 17.3 Å². The standard InChI is InChI=1S/C16H16O2/c17-15-14-13(11-6-2-1-3-7-11)12-8-4-5-9-16(12,14)10-18-15/h1-3,6-7,14H,4-5,8-10H2/t14-,16-/m0/s1. The Morgan fingerprint density at radius 3 is 2.83 bits per heavy atom. The van der Waals surface area contributed by atoms with E-state index in [9.17, 15) is 4.79 Å². The molecule has 0 N–H and O–H groups in total. The van der Waals surface area contributed by atoms with Crippen LogP contribution in [0.25, 0.3) is 5.57 Å². The van der Waals surface area contributed by atoms with Crippen LogP contribution in [0.3, 0.4) is 0 Å². The van der Waals surface area contributed by atoms with Crippen LogP contribution >= 0.6 is 0 Å². The summed E-state index contributed by atoms with van der Waals surface area (Å²) in [5.74, 6) is 0.0229. The second kappa shape index (κ2) is 3.47. The molecule has 0 unspecified atom stereocenters. The summed E-state index contributed by atoms with van der Waals surface area (Å²) in [7, 11) is 0. The van der Waals surface area contributed by atoms with Crippen molar-refractivity contribution in [2.24, 2.45) is 11.3 Å². The molecule has 92 valence electrons. The highest BCUT2D eigenvalue weighted by atomic mass is 16.5. The number of ether oxygens (including phenoxy) is 1. The van der Waals surface area contributed by atoms with E-state index in [0.29, 0.717) is 6.61 Å². The number of carbonyl (C=O) groups is 1. The minimum atomic E-state index is -0.000460.